The maximum absolute atomic E-state index is 13.4. The quantitative estimate of drug-likeness (QED) is 0.742. The highest BCUT2D eigenvalue weighted by molar-refractivity contribution is 5.78. The van der Waals surface area contributed by atoms with Crippen molar-refractivity contribution in [3.8, 4) is 0 Å². The van der Waals surface area contributed by atoms with E-state index in [1.54, 1.807) is 11.0 Å². The lowest BCUT2D eigenvalue weighted by Gasteiger charge is -2.36. The van der Waals surface area contributed by atoms with Gasteiger partial charge < -0.3 is 9.64 Å². The molecular weight excluding hydrogens is 333 g/mol. The number of hydrogen-bond donors (Lipinski definition) is 0. The van der Waals surface area contributed by atoms with Crippen LogP contribution >= 0.6 is 0 Å². The van der Waals surface area contributed by atoms with Gasteiger partial charge in [-0.3, -0.25) is 14.6 Å². The summed E-state index contributed by atoms with van der Waals surface area (Å²) >= 11 is 0. The van der Waals surface area contributed by atoms with E-state index in [-0.39, 0.29) is 11.7 Å². The summed E-state index contributed by atoms with van der Waals surface area (Å²) in [6.07, 6.45) is 2.74. The van der Waals surface area contributed by atoms with Gasteiger partial charge in [-0.2, -0.15) is 0 Å². The predicted molar refractivity (Wildman–Crippen MR) is 99.3 cm³/mol. The van der Waals surface area contributed by atoms with Crippen molar-refractivity contribution in [3.05, 3.63) is 35.6 Å². The predicted octanol–water partition coefficient (Wildman–Crippen LogP) is 1.97. The van der Waals surface area contributed by atoms with E-state index in [1.165, 1.54) is 25.0 Å². The SMILES string of the molecule is CCN(Cc1cccc(F)c1)C(=O)CN1CCN(CC2CCCO2)CC1. The molecule has 2 fully saturated rings. The van der Waals surface area contributed by atoms with Crippen LogP contribution in [-0.4, -0.2) is 79.1 Å². The van der Waals surface area contributed by atoms with E-state index < -0.39 is 0 Å². The van der Waals surface area contributed by atoms with Gasteiger partial charge in [0.25, 0.3) is 0 Å². The zero-order valence-corrected chi connectivity index (χ0v) is 15.7. The van der Waals surface area contributed by atoms with Crippen LogP contribution in [0, 0.1) is 5.82 Å². The number of halogens is 1. The number of carbonyl (C=O) groups excluding carboxylic acids is 1. The van der Waals surface area contributed by atoms with Gasteiger partial charge in [0.2, 0.25) is 5.91 Å². The van der Waals surface area contributed by atoms with Crippen LogP contribution in [0.5, 0.6) is 0 Å². The highest BCUT2D eigenvalue weighted by Gasteiger charge is 2.24. The summed E-state index contributed by atoms with van der Waals surface area (Å²) in [5.41, 5.74) is 0.835. The van der Waals surface area contributed by atoms with Crippen LogP contribution in [0.1, 0.15) is 25.3 Å². The van der Waals surface area contributed by atoms with Crippen LogP contribution in [0.2, 0.25) is 0 Å². The number of hydrogen-bond acceptors (Lipinski definition) is 4. The Morgan fingerprint density at radius 1 is 1.27 bits per heavy atom. The second-order valence-corrected chi connectivity index (χ2v) is 7.25. The van der Waals surface area contributed by atoms with Gasteiger partial charge in [0.15, 0.2) is 0 Å². The lowest BCUT2D eigenvalue weighted by molar-refractivity contribution is -0.133. The molecule has 1 unspecified atom stereocenters. The van der Waals surface area contributed by atoms with Crippen LogP contribution in [-0.2, 0) is 16.1 Å². The largest absolute Gasteiger partial charge is 0.377 e. The smallest absolute Gasteiger partial charge is 0.237 e. The molecule has 3 rings (SSSR count). The first-order valence-electron chi connectivity index (χ1n) is 9.72. The molecule has 0 saturated carbocycles. The van der Waals surface area contributed by atoms with Crippen molar-refractivity contribution < 1.29 is 13.9 Å². The summed E-state index contributed by atoms with van der Waals surface area (Å²) in [6, 6.07) is 6.48. The first-order valence-corrected chi connectivity index (χ1v) is 9.72. The van der Waals surface area contributed by atoms with Crippen molar-refractivity contribution in [2.24, 2.45) is 0 Å². The van der Waals surface area contributed by atoms with Crippen LogP contribution in [0.4, 0.5) is 4.39 Å². The fourth-order valence-corrected chi connectivity index (χ4v) is 3.73. The topological polar surface area (TPSA) is 36.0 Å². The molecule has 0 bridgehead atoms. The van der Waals surface area contributed by atoms with E-state index in [4.69, 9.17) is 4.74 Å². The molecule has 1 amide bonds. The van der Waals surface area contributed by atoms with Crippen molar-refractivity contribution >= 4 is 5.91 Å². The molecule has 2 saturated heterocycles. The molecule has 2 aliphatic rings. The standard InChI is InChI=1S/C20H30FN3O2/c1-2-24(14-17-5-3-6-18(21)13-17)20(25)16-23-10-8-22(9-11-23)15-19-7-4-12-26-19/h3,5-6,13,19H,2,4,7-12,14-16H2,1H3. The zero-order chi connectivity index (χ0) is 18.4. The Bertz CT molecular complexity index is 584. The number of carbonyl (C=O) groups is 1. The van der Waals surface area contributed by atoms with E-state index in [9.17, 15) is 9.18 Å². The second kappa shape index (κ2) is 9.44. The van der Waals surface area contributed by atoms with Crippen LogP contribution in [0.15, 0.2) is 24.3 Å². The van der Waals surface area contributed by atoms with E-state index in [1.807, 2.05) is 13.0 Å². The number of rotatable bonds is 7. The summed E-state index contributed by atoms with van der Waals surface area (Å²) in [5.74, 6) is -0.141. The highest BCUT2D eigenvalue weighted by Crippen LogP contribution is 2.15. The zero-order valence-electron chi connectivity index (χ0n) is 15.7. The van der Waals surface area contributed by atoms with Gasteiger partial charge in [0.1, 0.15) is 5.82 Å². The summed E-state index contributed by atoms with van der Waals surface area (Å²) in [4.78, 5) is 19.1. The minimum absolute atomic E-state index is 0.115. The van der Waals surface area contributed by atoms with Crippen LogP contribution in [0.3, 0.4) is 0 Å². The molecule has 0 aliphatic carbocycles. The molecular formula is C20H30FN3O2. The molecule has 0 aromatic heterocycles. The fourth-order valence-electron chi connectivity index (χ4n) is 3.73. The maximum atomic E-state index is 13.4. The van der Waals surface area contributed by atoms with Crippen molar-refractivity contribution in [2.75, 3.05) is 52.4 Å². The van der Waals surface area contributed by atoms with E-state index in [0.29, 0.717) is 25.7 Å². The van der Waals surface area contributed by atoms with Crippen LogP contribution < -0.4 is 0 Å². The molecule has 1 aromatic rings. The first-order chi connectivity index (χ1) is 12.6. The highest BCUT2D eigenvalue weighted by atomic mass is 19.1. The summed E-state index contributed by atoms with van der Waals surface area (Å²) in [5, 5.41) is 0. The van der Waals surface area contributed by atoms with E-state index in [0.717, 1.165) is 44.9 Å². The van der Waals surface area contributed by atoms with Gasteiger partial charge in [-0.25, -0.2) is 4.39 Å². The van der Waals surface area contributed by atoms with Crippen molar-refractivity contribution in [3.63, 3.8) is 0 Å². The molecule has 0 N–H and O–H groups in total. The number of nitrogens with zero attached hydrogens (tertiary/aromatic N) is 3. The molecule has 6 heteroatoms. The second-order valence-electron chi connectivity index (χ2n) is 7.25. The van der Waals surface area contributed by atoms with Crippen molar-refractivity contribution in [1.29, 1.82) is 0 Å². The molecule has 2 aliphatic heterocycles. The number of ether oxygens (including phenoxy) is 1. The molecule has 26 heavy (non-hydrogen) atoms. The normalized spacial score (nSPS) is 21.8. The maximum Gasteiger partial charge on any atom is 0.237 e. The summed E-state index contributed by atoms with van der Waals surface area (Å²) in [7, 11) is 0. The first kappa shape index (κ1) is 19.3. The Morgan fingerprint density at radius 2 is 2.04 bits per heavy atom. The third-order valence-corrected chi connectivity index (χ3v) is 5.31. The van der Waals surface area contributed by atoms with Crippen molar-refractivity contribution in [2.45, 2.75) is 32.4 Å². The number of amides is 1. The van der Waals surface area contributed by atoms with Crippen molar-refractivity contribution in [1.82, 2.24) is 14.7 Å². The molecule has 144 valence electrons. The van der Waals surface area contributed by atoms with Gasteiger partial charge in [0, 0.05) is 52.4 Å². The van der Waals surface area contributed by atoms with Gasteiger partial charge in [-0.15, -0.1) is 0 Å². The molecule has 5 nitrogen and oxygen atoms in total. The average Bonchev–Trinajstić information content (AvgIpc) is 3.14. The number of likely N-dealkylation sites (N-methyl/N-ethyl adjacent to an activating group) is 1. The Kier molecular flexibility index (Phi) is 7.00. The average molecular weight is 363 g/mol. The Hall–Kier alpha value is -1.50. The van der Waals surface area contributed by atoms with Gasteiger partial charge in [-0.05, 0) is 37.5 Å². The monoisotopic (exact) mass is 363 g/mol. The fraction of sp³-hybridized carbons (Fsp3) is 0.650. The number of benzene rings is 1. The van der Waals surface area contributed by atoms with Crippen LogP contribution in [0.25, 0.3) is 0 Å². The number of piperazine rings is 1. The lowest BCUT2D eigenvalue weighted by atomic mass is 10.2. The third-order valence-electron chi connectivity index (χ3n) is 5.31. The van der Waals surface area contributed by atoms with Gasteiger partial charge >= 0.3 is 0 Å². The molecule has 1 aromatic carbocycles. The Morgan fingerprint density at radius 3 is 2.69 bits per heavy atom. The molecule has 0 spiro atoms. The summed E-state index contributed by atoms with van der Waals surface area (Å²) in [6.45, 7) is 9.23. The van der Waals surface area contributed by atoms with E-state index in [2.05, 4.69) is 9.80 Å². The molecule has 2 heterocycles. The third kappa shape index (κ3) is 5.50. The minimum Gasteiger partial charge on any atom is -0.377 e. The van der Waals surface area contributed by atoms with Gasteiger partial charge in [-0.1, -0.05) is 12.1 Å². The minimum atomic E-state index is -0.256. The molecule has 0 radical (unpaired) electrons. The Labute approximate surface area is 155 Å². The Balaban J connectivity index is 1.43. The molecule has 1 atom stereocenters. The van der Waals surface area contributed by atoms with Gasteiger partial charge in [0.05, 0.1) is 12.6 Å². The lowest BCUT2D eigenvalue weighted by Crippen LogP contribution is -2.51. The summed E-state index contributed by atoms with van der Waals surface area (Å²) < 4.78 is 19.1. The van der Waals surface area contributed by atoms with E-state index >= 15 is 0 Å².